The van der Waals surface area contributed by atoms with Crippen molar-refractivity contribution in [1.29, 1.82) is 0 Å². The minimum Gasteiger partial charge on any atom is -0.411 e. The highest BCUT2D eigenvalue weighted by atomic mass is 35.5. The van der Waals surface area contributed by atoms with Crippen LogP contribution in [0.3, 0.4) is 0 Å². The van der Waals surface area contributed by atoms with E-state index in [1.807, 2.05) is 25.1 Å². The molecule has 0 saturated heterocycles. The fourth-order valence-corrected chi connectivity index (χ4v) is 3.29. The summed E-state index contributed by atoms with van der Waals surface area (Å²) in [6.45, 7) is 1.88. The summed E-state index contributed by atoms with van der Waals surface area (Å²) in [4.78, 5) is 12.1. The third-order valence-corrected chi connectivity index (χ3v) is 4.99. The van der Waals surface area contributed by atoms with E-state index in [0.717, 1.165) is 11.1 Å². The normalized spacial score (nSPS) is 12.0. The SMILES string of the molecule is C[C@H](NC(=O)CSc1nnc(-c2ccc(Cl)cc2)o1)c1ccccc1Cl. The van der Waals surface area contributed by atoms with Crippen LogP contribution in [0.1, 0.15) is 18.5 Å². The Morgan fingerprint density at radius 1 is 1.15 bits per heavy atom. The van der Waals surface area contributed by atoms with E-state index < -0.39 is 0 Å². The van der Waals surface area contributed by atoms with Crippen LogP contribution in [0.15, 0.2) is 58.2 Å². The topological polar surface area (TPSA) is 68.0 Å². The van der Waals surface area contributed by atoms with Gasteiger partial charge in [-0.15, -0.1) is 10.2 Å². The second-order valence-electron chi connectivity index (χ2n) is 5.48. The number of hydrogen-bond acceptors (Lipinski definition) is 5. The van der Waals surface area contributed by atoms with Gasteiger partial charge in [0.1, 0.15) is 0 Å². The minimum absolute atomic E-state index is 0.145. The van der Waals surface area contributed by atoms with E-state index in [9.17, 15) is 4.79 Å². The van der Waals surface area contributed by atoms with Gasteiger partial charge in [-0.1, -0.05) is 53.2 Å². The second-order valence-corrected chi connectivity index (χ2v) is 7.25. The standard InChI is InChI=1S/C18H15Cl2N3O2S/c1-11(14-4-2-3-5-15(14)20)21-16(24)10-26-18-23-22-17(25-18)12-6-8-13(19)9-7-12/h2-9,11H,10H2,1H3,(H,21,24)/t11-/m0/s1. The van der Waals surface area contributed by atoms with Crippen molar-refractivity contribution in [1.82, 2.24) is 15.5 Å². The summed E-state index contributed by atoms with van der Waals surface area (Å²) in [7, 11) is 0. The van der Waals surface area contributed by atoms with Gasteiger partial charge in [0.05, 0.1) is 11.8 Å². The van der Waals surface area contributed by atoms with Gasteiger partial charge in [-0.25, -0.2) is 0 Å². The Balaban J connectivity index is 1.55. The van der Waals surface area contributed by atoms with Crippen molar-refractivity contribution in [2.45, 2.75) is 18.2 Å². The van der Waals surface area contributed by atoms with E-state index in [1.54, 1.807) is 30.3 Å². The molecule has 1 N–H and O–H groups in total. The fourth-order valence-electron chi connectivity index (χ4n) is 2.29. The zero-order valence-electron chi connectivity index (χ0n) is 13.8. The van der Waals surface area contributed by atoms with E-state index in [2.05, 4.69) is 15.5 Å². The third kappa shape index (κ3) is 4.78. The Morgan fingerprint density at radius 3 is 2.62 bits per heavy atom. The molecule has 3 aromatic rings. The molecule has 1 heterocycles. The number of aromatic nitrogens is 2. The first-order valence-corrected chi connectivity index (χ1v) is 9.53. The van der Waals surface area contributed by atoms with Crippen molar-refractivity contribution < 1.29 is 9.21 Å². The first kappa shape index (κ1) is 18.8. The van der Waals surface area contributed by atoms with Gasteiger partial charge in [-0.05, 0) is 42.8 Å². The number of nitrogens with one attached hydrogen (secondary N) is 1. The average Bonchev–Trinajstić information content (AvgIpc) is 3.10. The molecule has 1 atom stereocenters. The summed E-state index contributed by atoms with van der Waals surface area (Å²) in [6, 6.07) is 14.3. The Bertz CT molecular complexity index is 899. The highest BCUT2D eigenvalue weighted by Crippen LogP contribution is 2.25. The lowest BCUT2D eigenvalue weighted by molar-refractivity contribution is -0.119. The van der Waals surface area contributed by atoms with Crippen LogP contribution in [-0.4, -0.2) is 21.9 Å². The largest absolute Gasteiger partial charge is 0.411 e. The van der Waals surface area contributed by atoms with E-state index in [4.69, 9.17) is 27.6 Å². The molecule has 0 bridgehead atoms. The van der Waals surface area contributed by atoms with Crippen molar-refractivity contribution in [3.8, 4) is 11.5 Å². The number of carbonyl (C=O) groups excluding carboxylic acids is 1. The summed E-state index contributed by atoms with van der Waals surface area (Å²) in [5.41, 5.74) is 1.64. The van der Waals surface area contributed by atoms with Crippen LogP contribution in [0.4, 0.5) is 0 Å². The van der Waals surface area contributed by atoms with E-state index in [1.165, 1.54) is 11.8 Å². The maximum Gasteiger partial charge on any atom is 0.277 e. The van der Waals surface area contributed by atoms with Gasteiger partial charge in [0.25, 0.3) is 5.22 Å². The van der Waals surface area contributed by atoms with Gasteiger partial charge in [0, 0.05) is 15.6 Å². The predicted octanol–water partition coefficient (Wildman–Crippen LogP) is 5.01. The molecule has 134 valence electrons. The van der Waals surface area contributed by atoms with Crippen LogP contribution in [0, 0.1) is 0 Å². The predicted molar refractivity (Wildman–Crippen MR) is 103 cm³/mol. The lowest BCUT2D eigenvalue weighted by Crippen LogP contribution is -2.28. The maximum absolute atomic E-state index is 12.1. The lowest BCUT2D eigenvalue weighted by atomic mass is 10.1. The summed E-state index contributed by atoms with van der Waals surface area (Å²) < 4.78 is 5.57. The number of thioether (sulfide) groups is 1. The molecular formula is C18H15Cl2N3O2S. The van der Waals surface area contributed by atoms with Crippen molar-refractivity contribution in [2.75, 3.05) is 5.75 Å². The van der Waals surface area contributed by atoms with Crippen LogP contribution in [0.25, 0.3) is 11.5 Å². The smallest absolute Gasteiger partial charge is 0.277 e. The number of halogens is 2. The summed E-state index contributed by atoms with van der Waals surface area (Å²) >= 11 is 13.2. The van der Waals surface area contributed by atoms with Gasteiger partial charge in [-0.3, -0.25) is 4.79 Å². The minimum atomic E-state index is -0.191. The number of hydrogen-bond donors (Lipinski definition) is 1. The van der Waals surface area contributed by atoms with Crippen LogP contribution >= 0.6 is 35.0 Å². The summed E-state index contributed by atoms with van der Waals surface area (Å²) in [5, 5.41) is 12.4. The van der Waals surface area contributed by atoms with Gasteiger partial charge < -0.3 is 9.73 Å². The van der Waals surface area contributed by atoms with Crippen LogP contribution in [0.5, 0.6) is 0 Å². The molecule has 0 aliphatic carbocycles. The van der Waals surface area contributed by atoms with Gasteiger partial charge in [0.2, 0.25) is 11.8 Å². The Morgan fingerprint density at radius 2 is 1.88 bits per heavy atom. The van der Waals surface area contributed by atoms with Crippen LogP contribution in [-0.2, 0) is 4.79 Å². The molecule has 1 aromatic heterocycles. The molecule has 3 rings (SSSR count). The molecule has 2 aromatic carbocycles. The molecule has 0 fully saturated rings. The number of nitrogens with zero attached hydrogens (tertiary/aromatic N) is 2. The molecular weight excluding hydrogens is 393 g/mol. The van der Waals surface area contributed by atoms with E-state index >= 15 is 0 Å². The van der Waals surface area contributed by atoms with Crippen molar-refractivity contribution in [2.24, 2.45) is 0 Å². The summed E-state index contributed by atoms with van der Waals surface area (Å²) in [5.74, 6) is 0.402. The maximum atomic E-state index is 12.1. The Kier molecular flexibility index (Phi) is 6.19. The molecule has 8 heteroatoms. The third-order valence-electron chi connectivity index (χ3n) is 3.57. The summed E-state index contributed by atoms with van der Waals surface area (Å²) in [6.07, 6.45) is 0. The quantitative estimate of drug-likeness (QED) is 0.581. The number of amides is 1. The molecule has 0 aliphatic heterocycles. The molecule has 1 amide bonds. The van der Waals surface area contributed by atoms with Crippen molar-refractivity contribution >= 4 is 40.9 Å². The molecule has 26 heavy (non-hydrogen) atoms. The van der Waals surface area contributed by atoms with Crippen LogP contribution in [0.2, 0.25) is 10.0 Å². The van der Waals surface area contributed by atoms with Gasteiger partial charge in [-0.2, -0.15) is 0 Å². The molecule has 0 radical (unpaired) electrons. The zero-order valence-corrected chi connectivity index (χ0v) is 16.1. The first-order chi connectivity index (χ1) is 12.5. The van der Waals surface area contributed by atoms with Crippen molar-refractivity contribution in [3.05, 3.63) is 64.1 Å². The second kappa shape index (κ2) is 8.58. The molecule has 5 nitrogen and oxygen atoms in total. The van der Waals surface area contributed by atoms with Gasteiger partial charge in [0.15, 0.2) is 0 Å². The number of rotatable bonds is 6. The Labute approximate surface area is 165 Å². The van der Waals surface area contributed by atoms with E-state index in [0.29, 0.717) is 21.2 Å². The van der Waals surface area contributed by atoms with Gasteiger partial charge >= 0.3 is 0 Å². The lowest BCUT2D eigenvalue weighted by Gasteiger charge is -2.15. The molecule has 0 unspecified atom stereocenters. The highest BCUT2D eigenvalue weighted by Gasteiger charge is 2.15. The Hall–Kier alpha value is -2.02. The molecule has 0 aliphatic rings. The highest BCUT2D eigenvalue weighted by molar-refractivity contribution is 7.99. The fraction of sp³-hybridized carbons (Fsp3) is 0.167. The molecule has 0 saturated carbocycles. The monoisotopic (exact) mass is 407 g/mol. The molecule has 0 spiro atoms. The average molecular weight is 408 g/mol. The van der Waals surface area contributed by atoms with Crippen molar-refractivity contribution in [3.63, 3.8) is 0 Å². The zero-order chi connectivity index (χ0) is 18.5. The number of carbonyl (C=O) groups is 1. The number of benzene rings is 2. The van der Waals surface area contributed by atoms with Crippen LogP contribution < -0.4 is 5.32 Å². The van der Waals surface area contributed by atoms with E-state index in [-0.39, 0.29) is 17.7 Å². The first-order valence-electron chi connectivity index (χ1n) is 7.79.